The molecule has 1 rings (SSSR count). The Morgan fingerprint density at radius 1 is 1.29 bits per heavy atom. The van der Waals surface area contributed by atoms with Crippen LogP contribution in [0.2, 0.25) is 0 Å². The fraction of sp³-hybridized carbons (Fsp3) is 0.692. The zero-order valence-corrected chi connectivity index (χ0v) is 12.7. The van der Waals surface area contributed by atoms with Gasteiger partial charge in [-0.05, 0) is 19.8 Å². The van der Waals surface area contributed by atoms with Crippen LogP contribution in [0.3, 0.4) is 0 Å². The number of unbranched alkanes of at least 4 members (excludes halogenated alkanes) is 1. The zero-order chi connectivity index (χ0) is 15.7. The Bertz CT molecular complexity index is 468. The number of aryl methyl sites for hydroxylation is 1. The predicted octanol–water partition coefficient (Wildman–Crippen LogP) is 2.32. The minimum Gasteiger partial charge on any atom is -0.473 e. The lowest BCUT2D eigenvalue weighted by Crippen LogP contribution is -2.12. The molecule has 0 aliphatic heterocycles. The third-order valence-electron chi connectivity index (χ3n) is 2.70. The van der Waals surface area contributed by atoms with Crippen LogP contribution >= 0.6 is 0 Å². The van der Waals surface area contributed by atoms with Gasteiger partial charge in [-0.1, -0.05) is 13.3 Å². The number of nitrogens with zero attached hydrogens (tertiary/aromatic N) is 3. The Labute approximate surface area is 124 Å². The quantitative estimate of drug-likeness (QED) is 0.402. The van der Waals surface area contributed by atoms with E-state index >= 15 is 0 Å². The van der Waals surface area contributed by atoms with Gasteiger partial charge in [0.05, 0.1) is 11.5 Å². The molecule has 0 fully saturated rings. The first-order chi connectivity index (χ1) is 10.1. The molecule has 1 aromatic rings. The van der Waals surface area contributed by atoms with Crippen molar-refractivity contribution in [2.24, 2.45) is 0 Å². The lowest BCUT2D eigenvalue weighted by molar-refractivity contribution is -0.385. The molecule has 8 nitrogen and oxygen atoms in total. The number of rotatable bonds is 10. The van der Waals surface area contributed by atoms with Gasteiger partial charge in [-0.2, -0.15) is 4.98 Å². The van der Waals surface area contributed by atoms with Gasteiger partial charge in [0.25, 0.3) is 5.88 Å². The summed E-state index contributed by atoms with van der Waals surface area (Å²) in [6.07, 6.45) is 2.49. The van der Waals surface area contributed by atoms with Gasteiger partial charge in [0.15, 0.2) is 0 Å². The summed E-state index contributed by atoms with van der Waals surface area (Å²) in [6.45, 7) is 5.20. The first-order valence-electron chi connectivity index (χ1n) is 6.98. The summed E-state index contributed by atoms with van der Waals surface area (Å²) < 4.78 is 10.4. The molecule has 0 radical (unpaired) electrons. The van der Waals surface area contributed by atoms with Crippen molar-refractivity contribution < 1.29 is 14.4 Å². The molecule has 0 aromatic carbocycles. The summed E-state index contributed by atoms with van der Waals surface area (Å²) in [5.41, 5.74) is -0.214. The number of hydrogen-bond acceptors (Lipinski definition) is 7. The molecule has 1 aromatic heterocycles. The van der Waals surface area contributed by atoms with Gasteiger partial charge in [0.1, 0.15) is 5.82 Å². The SMILES string of the molecule is CCCCOc1nc(C)nc(NCCCOC)c1[N+](=O)[O-]. The summed E-state index contributed by atoms with van der Waals surface area (Å²) >= 11 is 0. The van der Waals surface area contributed by atoms with Crippen molar-refractivity contribution in [1.82, 2.24) is 9.97 Å². The molecule has 0 spiro atoms. The minimum atomic E-state index is -0.515. The minimum absolute atomic E-state index is 0.0233. The number of nitro groups is 1. The molecule has 8 heteroatoms. The topological polar surface area (TPSA) is 99.4 Å². The zero-order valence-electron chi connectivity index (χ0n) is 12.7. The summed E-state index contributed by atoms with van der Waals surface area (Å²) in [6, 6.07) is 0. The van der Waals surface area contributed by atoms with Crippen LogP contribution in [0.1, 0.15) is 32.0 Å². The molecular weight excluding hydrogens is 276 g/mol. The third kappa shape index (κ3) is 5.50. The van der Waals surface area contributed by atoms with Gasteiger partial charge in [-0.25, -0.2) is 4.98 Å². The molecule has 0 unspecified atom stereocenters. The van der Waals surface area contributed by atoms with Crippen molar-refractivity contribution in [2.45, 2.75) is 33.1 Å². The van der Waals surface area contributed by atoms with E-state index in [-0.39, 0.29) is 17.4 Å². The molecule has 0 aliphatic carbocycles. The van der Waals surface area contributed by atoms with Crippen LogP contribution in [-0.2, 0) is 4.74 Å². The van der Waals surface area contributed by atoms with Crippen LogP contribution in [-0.4, -0.2) is 41.8 Å². The lowest BCUT2D eigenvalue weighted by Gasteiger charge is -2.10. The van der Waals surface area contributed by atoms with E-state index < -0.39 is 4.92 Å². The number of ether oxygens (including phenoxy) is 2. The van der Waals surface area contributed by atoms with Crippen molar-refractivity contribution in [3.05, 3.63) is 15.9 Å². The largest absolute Gasteiger partial charge is 0.473 e. The smallest absolute Gasteiger partial charge is 0.372 e. The Balaban J connectivity index is 2.90. The molecule has 1 heterocycles. The van der Waals surface area contributed by atoms with Gasteiger partial charge in [-0.3, -0.25) is 10.1 Å². The second-order valence-corrected chi connectivity index (χ2v) is 4.51. The average molecular weight is 298 g/mol. The van der Waals surface area contributed by atoms with Gasteiger partial charge >= 0.3 is 5.69 Å². The summed E-state index contributed by atoms with van der Waals surface area (Å²) in [5, 5.41) is 14.2. The van der Waals surface area contributed by atoms with E-state index in [0.29, 0.717) is 25.6 Å². The van der Waals surface area contributed by atoms with E-state index in [9.17, 15) is 10.1 Å². The molecule has 1 N–H and O–H groups in total. The van der Waals surface area contributed by atoms with Crippen molar-refractivity contribution in [3.63, 3.8) is 0 Å². The first kappa shape index (κ1) is 17.1. The number of aromatic nitrogens is 2. The Morgan fingerprint density at radius 2 is 2.05 bits per heavy atom. The van der Waals surface area contributed by atoms with Crippen molar-refractivity contribution in [1.29, 1.82) is 0 Å². The Morgan fingerprint density at radius 3 is 2.67 bits per heavy atom. The predicted molar refractivity (Wildman–Crippen MR) is 78.8 cm³/mol. The average Bonchev–Trinajstić information content (AvgIpc) is 2.43. The van der Waals surface area contributed by atoms with E-state index in [2.05, 4.69) is 15.3 Å². The van der Waals surface area contributed by atoms with Gasteiger partial charge in [0, 0.05) is 20.3 Å². The fourth-order valence-corrected chi connectivity index (χ4v) is 1.67. The van der Waals surface area contributed by atoms with Gasteiger partial charge < -0.3 is 14.8 Å². The van der Waals surface area contributed by atoms with Crippen LogP contribution in [0.15, 0.2) is 0 Å². The van der Waals surface area contributed by atoms with E-state index in [1.54, 1.807) is 14.0 Å². The van der Waals surface area contributed by atoms with Crippen LogP contribution in [0.25, 0.3) is 0 Å². The lowest BCUT2D eigenvalue weighted by atomic mass is 10.3. The van der Waals surface area contributed by atoms with E-state index in [1.165, 1.54) is 0 Å². The number of hydrogen-bond donors (Lipinski definition) is 1. The van der Waals surface area contributed by atoms with Gasteiger partial charge in [-0.15, -0.1) is 0 Å². The highest BCUT2D eigenvalue weighted by Gasteiger charge is 2.25. The standard InChI is InChI=1S/C13H22N4O4/c1-4-5-9-21-13-11(17(18)19)12(15-10(2)16-13)14-7-6-8-20-3/h4-9H2,1-3H3,(H,14,15,16). The van der Waals surface area contributed by atoms with E-state index in [4.69, 9.17) is 9.47 Å². The highest BCUT2D eigenvalue weighted by molar-refractivity contribution is 5.61. The van der Waals surface area contributed by atoms with Crippen LogP contribution in [0, 0.1) is 17.0 Å². The summed E-state index contributed by atoms with van der Waals surface area (Å²) in [7, 11) is 1.61. The molecule has 0 aliphatic rings. The molecule has 118 valence electrons. The van der Waals surface area contributed by atoms with E-state index in [1.807, 2.05) is 6.92 Å². The molecule has 0 amide bonds. The van der Waals surface area contributed by atoms with Crippen molar-refractivity contribution in [3.8, 4) is 5.88 Å². The van der Waals surface area contributed by atoms with Crippen molar-refractivity contribution in [2.75, 3.05) is 32.2 Å². The van der Waals surface area contributed by atoms with E-state index in [0.717, 1.165) is 19.3 Å². The van der Waals surface area contributed by atoms with Gasteiger partial charge in [0.2, 0.25) is 5.82 Å². The molecular formula is C13H22N4O4. The van der Waals surface area contributed by atoms with Crippen LogP contribution in [0.5, 0.6) is 5.88 Å². The number of methoxy groups -OCH3 is 1. The summed E-state index contributed by atoms with van der Waals surface area (Å²) in [5.74, 6) is 0.645. The highest BCUT2D eigenvalue weighted by atomic mass is 16.6. The maximum Gasteiger partial charge on any atom is 0.372 e. The number of nitrogens with one attached hydrogen (secondary N) is 1. The normalized spacial score (nSPS) is 10.4. The fourth-order valence-electron chi connectivity index (χ4n) is 1.67. The maximum absolute atomic E-state index is 11.3. The molecule has 0 saturated heterocycles. The Kier molecular flexibility index (Phi) is 7.38. The highest BCUT2D eigenvalue weighted by Crippen LogP contribution is 2.31. The molecule has 21 heavy (non-hydrogen) atoms. The second kappa shape index (κ2) is 9.06. The van der Waals surface area contributed by atoms with Crippen LogP contribution < -0.4 is 10.1 Å². The molecule has 0 bridgehead atoms. The monoisotopic (exact) mass is 298 g/mol. The number of anilines is 1. The first-order valence-corrected chi connectivity index (χ1v) is 6.98. The Hall–Kier alpha value is -1.96. The molecule has 0 atom stereocenters. The third-order valence-corrected chi connectivity index (χ3v) is 2.70. The second-order valence-electron chi connectivity index (χ2n) is 4.51. The van der Waals surface area contributed by atoms with Crippen molar-refractivity contribution >= 4 is 11.5 Å². The molecule has 0 saturated carbocycles. The summed E-state index contributed by atoms with van der Waals surface area (Å²) in [4.78, 5) is 18.9. The van der Waals surface area contributed by atoms with Crippen LogP contribution in [0.4, 0.5) is 11.5 Å². The maximum atomic E-state index is 11.3.